The summed E-state index contributed by atoms with van der Waals surface area (Å²) in [7, 11) is 1.47. The number of carbonyl (C=O) groups is 2. The van der Waals surface area contributed by atoms with Crippen molar-refractivity contribution in [2.24, 2.45) is 5.73 Å². The number of imide groups is 1. The van der Waals surface area contributed by atoms with Gasteiger partial charge in [-0.1, -0.05) is 35.5 Å². The van der Waals surface area contributed by atoms with Crippen LogP contribution in [0.3, 0.4) is 0 Å². The van der Waals surface area contributed by atoms with Crippen LogP contribution in [0.5, 0.6) is 5.75 Å². The zero-order valence-electron chi connectivity index (χ0n) is 16.4. The summed E-state index contributed by atoms with van der Waals surface area (Å²) in [5.41, 5.74) is 6.36. The van der Waals surface area contributed by atoms with Crippen molar-refractivity contribution < 1.29 is 14.3 Å². The Morgan fingerprint density at radius 1 is 1.30 bits per heavy atom. The minimum atomic E-state index is -0.952. The van der Waals surface area contributed by atoms with Crippen LogP contribution in [0, 0.1) is 6.92 Å². The summed E-state index contributed by atoms with van der Waals surface area (Å²) >= 11 is 7.23. The van der Waals surface area contributed by atoms with Gasteiger partial charge in [-0.2, -0.15) is 0 Å². The lowest BCUT2D eigenvalue weighted by Crippen LogP contribution is -2.39. The van der Waals surface area contributed by atoms with Crippen LogP contribution in [0.15, 0.2) is 46.3 Å². The number of aryl methyl sites for hydroxylation is 1. The molecule has 2 aromatic carbocycles. The van der Waals surface area contributed by atoms with Crippen molar-refractivity contribution in [3.8, 4) is 11.4 Å². The first-order valence-corrected chi connectivity index (χ1v) is 10.1. The molecular formula is C20H19ClN4O4S. The number of halogens is 1. The maximum atomic E-state index is 13.4. The van der Waals surface area contributed by atoms with Gasteiger partial charge >= 0.3 is 6.03 Å². The topological polar surface area (TPSA) is 116 Å². The van der Waals surface area contributed by atoms with E-state index in [0.717, 1.165) is 17.3 Å². The molecule has 30 heavy (non-hydrogen) atoms. The average Bonchev–Trinajstić information content (AvgIpc) is 2.69. The zero-order chi connectivity index (χ0) is 22.0. The fourth-order valence-corrected chi connectivity index (χ4v) is 3.90. The van der Waals surface area contributed by atoms with E-state index in [2.05, 4.69) is 4.98 Å². The summed E-state index contributed by atoms with van der Waals surface area (Å²) in [5.74, 6) is -0.221. The number of ether oxygens (including phenoxy) is 1. The number of hydrogen-bond donors (Lipinski definition) is 2. The molecule has 0 bridgehead atoms. The van der Waals surface area contributed by atoms with Crippen LogP contribution in [-0.2, 0) is 4.79 Å². The van der Waals surface area contributed by atoms with E-state index >= 15 is 0 Å². The average molecular weight is 447 g/mol. The predicted octanol–water partition coefficient (Wildman–Crippen LogP) is 3.03. The Bertz CT molecular complexity index is 1210. The zero-order valence-corrected chi connectivity index (χ0v) is 18.0. The highest BCUT2D eigenvalue weighted by Gasteiger charge is 2.23. The second-order valence-electron chi connectivity index (χ2n) is 6.44. The first-order valence-electron chi connectivity index (χ1n) is 8.86. The molecule has 0 radical (unpaired) electrons. The molecule has 0 saturated heterocycles. The SMILES string of the molecule is COc1cc(Cl)c(C)cc1-n1c(S[C@H](C)C(=O)NC(N)=O)nc2ccccc2c1=O. The van der Waals surface area contributed by atoms with Crippen molar-refractivity contribution in [2.75, 3.05) is 7.11 Å². The monoisotopic (exact) mass is 446 g/mol. The maximum absolute atomic E-state index is 13.4. The van der Waals surface area contributed by atoms with E-state index in [4.69, 9.17) is 22.1 Å². The number of primary amides is 1. The summed E-state index contributed by atoms with van der Waals surface area (Å²) in [6, 6.07) is 9.28. The lowest BCUT2D eigenvalue weighted by atomic mass is 10.2. The van der Waals surface area contributed by atoms with E-state index < -0.39 is 17.2 Å². The highest BCUT2D eigenvalue weighted by atomic mass is 35.5. The Balaban J connectivity index is 2.25. The second kappa shape index (κ2) is 8.76. The first-order chi connectivity index (χ1) is 14.2. The number of urea groups is 1. The lowest BCUT2D eigenvalue weighted by Gasteiger charge is -2.18. The van der Waals surface area contributed by atoms with Crippen molar-refractivity contribution in [3.05, 3.63) is 57.3 Å². The molecule has 1 aromatic heterocycles. The predicted molar refractivity (Wildman–Crippen MR) is 117 cm³/mol. The Hall–Kier alpha value is -3.04. The van der Waals surface area contributed by atoms with E-state index in [-0.39, 0.29) is 10.7 Å². The number of para-hydroxylation sites is 1. The molecule has 0 spiro atoms. The minimum absolute atomic E-state index is 0.255. The van der Waals surface area contributed by atoms with Gasteiger partial charge in [0.05, 0.1) is 29.0 Å². The van der Waals surface area contributed by atoms with Gasteiger partial charge in [0.2, 0.25) is 5.91 Å². The molecule has 1 atom stereocenters. The highest BCUT2D eigenvalue weighted by Crippen LogP contribution is 2.33. The van der Waals surface area contributed by atoms with Gasteiger partial charge in [0, 0.05) is 11.1 Å². The van der Waals surface area contributed by atoms with Gasteiger partial charge in [-0.05, 0) is 37.6 Å². The number of methoxy groups -OCH3 is 1. The Kier molecular flexibility index (Phi) is 6.33. The van der Waals surface area contributed by atoms with Crippen molar-refractivity contribution in [1.29, 1.82) is 0 Å². The quantitative estimate of drug-likeness (QED) is 0.459. The molecule has 0 aliphatic rings. The van der Waals surface area contributed by atoms with Gasteiger partial charge in [-0.15, -0.1) is 0 Å². The van der Waals surface area contributed by atoms with Gasteiger partial charge in [0.25, 0.3) is 5.56 Å². The van der Waals surface area contributed by atoms with Gasteiger partial charge in [0.1, 0.15) is 5.75 Å². The van der Waals surface area contributed by atoms with Crippen molar-refractivity contribution >= 4 is 46.2 Å². The van der Waals surface area contributed by atoms with E-state index in [1.165, 1.54) is 11.7 Å². The summed E-state index contributed by atoms with van der Waals surface area (Å²) in [6.07, 6.45) is 0. The number of aromatic nitrogens is 2. The molecule has 3 rings (SSSR count). The van der Waals surface area contributed by atoms with Crippen LogP contribution in [0.1, 0.15) is 12.5 Å². The third kappa shape index (κ3) is 4.27. The number of thioether (sulfide) groups is 1. The molecule has 3 N–H and O–H groups in total. The van der Waals surface area contributed by atoms with E-state index in [9.17, 15) is 14.4 Å². The lowest BCUT2D eigenvalue weighted by molar-refractivity contribution is -0.119. The summed E-state index contributed by atoms with van der Waals surface area (Å²) in [5, 5.41) is 2.43. The van der Waals surface area contributed by atoms with E-state index in [1.54, 1.807) is 50.2 Å². The molecule has 10 heteroatoms. The fraction of sp³-hybridized carbons (Fsp3) is 0.200. The van der Waals surface area contributed by atoms with Gasteiger partial charge in [0.15, 0.2) is 5.16 Å². The first kappa shape index (κ1) is 21.7. The number of benzene rings is 2. The van der Waals surface area contributed by atoms with E-state index in [1.807, 2.05) is 5.32 Å². The Labute approximate surface area is 181 Å². The summed E-state index contributed by atoms with van der Waals surface area (Å²) in [6.45, 7) is 3.39. The number of rotatable bonds is 5. The number of nitrogens with two attached hydrogens (primary N) is 1. The van der Waals surface area contributed by atoms with Crippen molar-refractivity contribution in [3.63, 3.8) is 0 Å². The number of amides is 3. The highest BCUT2D eigenvalue weighted by molar-refractivity contribution is 8.00. The van der Waals surface area contributed by atoms with Crippen LogP contribution in [-0.4, -0.2) is 33.8 Å². The van der Waals surface area contributed by atoms with Crippen molar-refractivity contribution in [2.45, 2.75) is 24.3 Å². The standard InChI is InChI=1S/C20H19ClN4O4S/c1-10-8-15(16(29-3)9-13(10)21)25-18(27)12-6-4-5-7-14(12)23-20(25)30-11(2)17(26)24-19(22)28/h4-9,11H,1-3H3,(H3,22,24,26,28)/t11-/m1/s1. The molecule has 0 fully saturated rings. The van der Waals surface area contributed by atoms with Crippen molar-refractivity contribution in [1.82, 2.24) is 14.9 Å². The third-order valence-electron chi connectivity index (χ3n) is 4.34. The second-order valence-corrected chi connectivity index (χ2v) is 8.15. The molecule has 156 valence electrons. The largest absolute Gasteiger partial charge is 0.495 e. The van der Waals surface area contributed by atoms with Crippen LogP contribution in [0.25, 0.3) is 16.6 Å². The summed E-state index contributed by atoms with van der Waals surface area (Å²) in [4.78, 5) is 41.2. The molecule has 3 aromatic rings. The molecule has 1 heterocycles. The Morgan fingerprint density at radius 2 is 2.00 bits per heavy atom. The molecule has 0 aliphatic carbocycles. The third-order valence-corrected chi connectivity index (χ3v) is 5.80. The number of nitrogens with one attached hydrogen (secondary N) is 1. The van der Waals surface area contributed by atoms with Crippen LogP contribution in [0.4, 0.5) is 4.79 Å². The summed E-state index contributed by atoms with van der Waals surface area (Å²) < 4.78 is 6.82. The molecule has 0 saturated carbocycles. The number of carbonyl (C=O) groups excluding carboxylic acids is 2. The molecule has 8 nitrogen and oxygen atoms in total. The van der Waals surface area contributed by atoms with Crippen LogP contribution >= 0.6 is 23.4 Å². The number of hydrogen-bond acceptors (Lipinski definition) is 6. The molecule has 3 amide bonds. The van der Waals surface area contributed by atoms with Gasteiger partial charge < -0.3 is 10.5 Å². The number of nitrogens with zero attached hydrogens (tertiary/aromatic N) is 2. The Morgan fingerprint density at radius 3 is 2.67 bits per heavy atom. The van der Waals surface area contributed by atoms with Gasteiger partial charge in [-0.3, -0.25) is 19.5 Å². The molecular weight excluding hydrogens is 428 g/mol. The number of fused-ring (bicyclic) bond motifs is 1. The fourth-order valence-electron chi connectivity index (χ4n) is 2.82. The minimum Gasteiger partial charge on any atom is -0.495 e. The smallest absolute Gasteiger partial charge is 0.318 e. The van der Waals surface area contributed by atoms with Crippen LogP contribution in [0.2, 0.25) is 5.02 Å². The van der Waals surface area contributed by atoms with E-state index in [0.29, 0.717) is 27.4 Å². The van der Waals surface area contributed by atoms with Crippen LogP contribution < -0.4 is 21.3 Å². The molecule has 0 aliphatic heterocycles. The normalized spacial score (nSPS) is 11.9. The molecule has 0 unspecified atom stereocenters. The maximum Gasteiger partial charge on any atom is 0.318 e. The van der Waals surface area contributed by atoms with Gasteiger partial charge in [-0.25, -0.2) is 9.78 Å².